The minimum atomic E-state index is -0.126. The number of hydrogen-bond acceptors (Lipinski definition) is 4. The zero-order valence-electron chi connectivity index (χ0n) is 14.0. The predicted molar refractivity (Wildman–Crippen MR) is 96.2 cm³/mol. The van der Waals surface area contributed by atoms with Gasteiger partial charge in [0.05, 0.1) is 12.3 Å². The van der Waals surface area contributed by atoms with Gasteiger partial charge in [0.1, 0.15) is 5.75 Å². The van der Waals surface area contributed by atoms with Gasteiger partial charge in [-0.05, 0) is 55.0 Å². The van der Waals surface area contributed by atoms with Crippen molar-refractivity contribution in [3.8, 4) is 17.0 Å². The molecule has 5 heteroatoms. The Morgan fingerprint density at radius 3 is 2.56 bits per heavy atom. The summed E-state index contributed by atoms with van der Waals surface area (Å²) < 4.78 is 5.37. The molecule has 0 radical (unpaired) electrons. The molecule has 1 amide bonds. The fourth-order valence-corrected chi connectivity index (χ4v) is 2.37. The normalized spacial score (nSPS) is 10.3. The fourth-order valence-electron chi connectivity index (χ4n) is 2.37. The van der Waals surface area contributed by atoms with Gasteiger partial charge in [-0.25, -0.2) is 0 Å². The van der Waals surface area contributed by atoms with Crippen molar-refractivity contribution in [2.75, 3.05) is 6.61 Å². The average molecular weight is 333 g/mol. The molecule has 25 heavy (non-hydrogen) atoms. The van der Waals surface area contributed by atoms with Crippen LogP contribution in [-0.2, 0) is 6.54 Å². The van der Waals surface area contributed by atoms with Crippen LogP contribution < -0.4 is 10.1 Å². The van der Waals surface area contributed by atoms with Gasteiger partial charge in [0, 0.05) is 36.3 Å². The lowest BCUT2D eigenvalue weighted by atomic mass is 10.1. The number of hydrogen-bond donors (Lipinski definition) is 1. The van der Waals surface area contributed by atoms with Crippen LogP contribution in [0.3, 0.4) is 0 Å². The van der Waals surface area contributed by atoms with Crippen molar-refractivity contribution < 1.29 is 9.53 Å². The minimum Gasteiger partial charge on any atom is -0.494 e. The molecule has 0 spiro atoms. The molecule has 2 aromatic heterocycles. The minimum absolute atomic E-state index is 0.126. The summed E-state index contributed by atoms with van der Waals surface area (Å²) in [6.07, 6.45) is 5.27. The van der Waals surface area contributed by atoms with Crippen molar-refractivity contribution in [3.63, 3.8) is 0 Å². The smallest absolute Gasteiger partial charge is 0.251 e. The van der Waals surface area contributed by atoms with Crippen LogP contribution in [0.5, 0.6) is 5.75 Å². The number of aromatic nitrogens is 2. The molecule has 0 atom stereocenters. The molecule has 1 N–H and O–H groups in total. The Hall–Kier alpha value is -3.21. The quantitative estimate of drug-likeness (QED) is 0.750. The Kier molecular flexibility index (Phi) is 5.36. The molecule has 0 aliphatic carbocycles. The fraction of sp³-hybridized carbons (Fsp3) is 0.150. The van der Waals surface area contributed by atoms with Gasteiger partial charge in [0.25, 0.3) is 5.91 Å². The molecule has 0 saturated heterocycles. The summed E-state index contributed by atoms with van der Waals surface area (Å²) in [5.74, 6) is 0.633. The Labute approximate surface area is 146 Å². The highest BCUT2D eigenvalue weighted by atomic mass is 16.5. The number of pyridine rings is 2. The van der Waals surface area contributed by atoms with E-state index in [4.69, 9.17) is 4.74 Å². The van der Waals surface area contributed by atoms with E-state index in [-0.39, 0.29) is 5.91 Å². The van der Waals surface area contributed by atoms with Crippen LogP contribution >= 0.6 is 0 Å². The SMILES string of the molecule is CCOc1ccc(C(=O)NCc2ccc(-c3cccnc3)nc2)cc1. The monoisotopic (exact) mass is 333 g/mol. The molecule has 0 aliphatic heterocycles. The van der Waals surface area contributed by atoms with Gasteiger partial charge in [-0.3, -0.25) is 14.8 Å². The van der Waals surface area contributed by atoms with E-state index in [1.807, 2.05) is 31.2 Å². The molecule has 5 nitrogen and oxygen atoms in total. The van der Waals surface area contributed by atoms with E-state index in [1.165, 1.54) is 0 Å². The van der Waals surface area contributed by atoms with E-state index < -0.39 is 0 Å². The summed E-state index contributed by atoms with van der Waals surface area (Å²) in [4.78, 5) is 20.7. The van der Waals surface area contributed by atoms with E-state index in [0.717, 1.165) is 22.6 Å². The first-order chi connectivity index (χ1) is 12.3. The first-order valence-electron chi connectivity index (χ1n) is 8.12. The van der Waals surface area contributed by atoms with E-state index in [0.29, 0.717) is 18.7 Å². The lowest BCUT2D eigenvalue weighted by Gasteiger charge is -2.07. The summed E-state index contributed by atoms with van der Waals surface area (Å²) in [5, 5.41) is 2.89. The second-order valence-electron chi connectivity index (χ2n) is 5.43. The molecule has 0 fully saturated rings. The molecule has 3 rings (SSSR count). The molecular weight excluding hydrogens is 314 g/mol. The van der Waals surface area contributed by atoms with Crippen molar-refractivity contribution in [1.82, 2.24) is 15.3 Å². The topological polar surface area (TPSA) is 64.1 Å². The molecule has 0 bridgehead atoms. The van der Waals surface area contributed by atoms with Crippen molar-refractivity contribution in [3.05, 3.63) is 78.2 Å². The second kappa shape index (κ2) is 8.06. The van der Waals surface area contributed by atoms with Gasteiger partial charge in [0.2, 0.25) is 0 Å². The van der Waals surface area contributed by atoms with Crippen LogP contribution in [0.15, 0.2) is 67.1 Å². The summed E-state index contributed by atoms with van der Waals surface area (Å²) in [5.41, 5.74) is 3.36. The van der Waals surface area contributed by atoms with Crippen LogP contribution in [0.4, 0.5) is 0 Å². The summed E-state index contributed by atoms with van der Waals surface area (Å²) >= 11 is 0. The largest absolute Gasteiger partial charge is 0.494 e. The zero-order chi connectivity index (χ0) is 17.5. The third kappa shape index (κ3) is 4.41. The van der Waals surface area contributed by atoms with E-state index in [2.05, 4.69) is 15.3 Å². The Bertz CT molecular complexity index is 816. The standard InChI is InChI=1S/C20H19N3O2/c1-2-25-18-8-6-16(7-9-18)20(24)23-13-15-5-10-19(22-12-15)17-4-3-11-21-14-17/h3-12,14H,2,13H2,1H3,(H,23,24). The van der Waals surface area contributed by atoms with Crippen molar-refractivity contribution in [2.45, 2.75) is 13.5 Å². The van der Waals surface area contributed by atoms with Gasteiger partial charge < -0.3 is 10.1 Å². The second-order valence-corrected chi connectivity index (χ2v) is 5.43. The Balaban J connectivity index is 1.58. The third-order valence-corrected chi connectivity index (χ3v) is 3.66. The van der Waals surface area contributed by atoms with Crippen molar-refractivity contribution in [2.24, 2.45) is 0 Å². The highest BCUT2D eigenvalue weighted by Gasteiger charge is 2.06. The Morgan fingerprint density at radius 1 is 1.08 bits per heavy atom. The first-order valence-corrected chi connectivity index (χ1v) is 8.12. The first kappa shape index (κ1) is 16.6. The number of benzene rings is 1. The molecule has 3 aromatic rings. The third-order valence-electron chi connectivity index (χ3n) is 3.66. The van der Waals surface area contributed by atoms with E-state index in [1.54, 1.807) is 42.9 Å². The molecule has 0 aliphatic rings. The lowest BCUT2D eigenvalue weighted by Crippen LogP contribution is -2.22. The van der Waals surface area contributed by atoms with Crippen molar-refractivity contribution in [1.29, 1.82) is 0 Å². The summed E-state index contributed by atoms with van der Waals surface area (Å²) in [7, 11) is 0. The van der Waals surface area contributed by atoms with E-state index >= 15 is 0 Å². The van der Waals surface area contributed by atoms with Gasteiger partial charge in [0.15, 0.2) is 0 Å². The average Bonchev–Trinajstić information content (AvgIpc) is 2.68. The van der Waals surface area contributed by atoms with Crippen LogP contribution in [0.2, 0.25) is 0 Å². The zero-order valence-corrected chi connectivity index (χ0v) is 14.0. The number of ether oxygens (including phenoxy) is 1. The number of carbonyl (C=O) groups excluding carboxylic acids is 1. The number of carbonyl (C=O) groups is 1. The van der Waals surface area contributed by atoms with Gasteiger partial charge in [-0.15, -0.1) is 0 Å². The molecule has 1 aromatic carbocycles. The maximum atomic E-state index is 12.2. The summed E-state index contributed by atoms with van der Waals surface area (Å²) in [6.45, 7) is 2.95. The maximum Gasteiger partial charge on any atom is 0.251 e. The molecule has 0 unspecified atom stereocenters. The Morgan fingerprint density at radius 2 is 1.92 bits per heavy atom. The molecule has 126 valence electrons. The molecular formula is C20H19N3O2. The highest BCUT2D eigenvalue weighted by molar-refractivity contribution is 5.94. The number of rotatable bonds is 6. The maximum absolute atomic E-state index is 12.2. The molecule has 2 heterocycles. The highest BCUT2D eigenvalue weighted by Crippen LogP contribution is 2.15. The van der Waals surface area contributed by atoms with Crippen LogP contribution in [-0.4, -0.2) is 22.5 Å². The van der Waals surface area contributed by atoms with Crippen LogP contribution in [0.1, 0.15) is 22.8 Å². The van der Waals surface area contributed by atoms with Crippen LogP contribution in [0, 0.1) is 0 Å². The number of nitrogens with zero attached hydrogens (tertiary/aromatic N) is 2. The van der Waals surface area contributed by atoms with Gasteiger partial charge >= 0.3 is 0 Å². The molecule has 0 saturated carbocycles. The van der Waals surface area contributed by atoms with Gasteiger partial charge in [-0.2, -0.15) is 0 Å². The van der Waals surface area contributed by atoms with Crippen molar-refractivity contribution >= 4 is 5.91 Å². The van der Waals surface area contributed by atoms with Crippen LogP contribution in [0.25, 0.3) is 11.3 Å². The predicted octanol–water partition coefficient (Wildman–Crippen LogP) is 3.47. The number of nitrogens with one attached hydrogen (secondary N) is 1. The summed E-state index contributed by atoms with van der Waals surface area (Å²) in [6, 6.07) is 14.8. The lowest BCUT2D eigenvalue weighted by molar-refractivity contribution is 0.0951. The number of amides is 1. The van der Waals surface area contributed by atoms with Gasteiger partial charge in [-0.1, -0.05) is 6.07 Å². The van der Waals surface area contributed by atoms with E-state index in [9.17, 15) is 4.79 Å².